The molecule has 0 atom stereocenters. The second kappa shape index (κ2) is 4.57. The molecule has 0 radical (unpaired) electrons. The molecule has 1 saturated carbocycles. The van der Waals surface area contributed by atoms with Crippen molar-refractivity contribution < 1.29 is 9.53 Å². The summed E-state index contributed by atoms with van der Waals surface area (Å²) in [7, 11) is 1.29. The summed E-state index contributed by atoms with van der Waals surface area (Å²) in [5, 5.41) is 0. The monoisotopic (exact) mass is 238 g/mol. The van der Waals surface area contributed by atoms with Crippen LogP contribution in [0.2, 0.25) is 0 Å². The maximum absolute atomic E-state index is 11.7. The first-order valence-electron chi connectivity index (χ1n) is 5.52. The van der Waals surface area contributed by atoms with Crippen molar-refractivity contribution in [2.75, 3.05) is 7.11 Å². The summed E-state index contributed by atoms with van der Waals surface area (Å²) in [6, 6.07) is 0.186. The summed E-state index contributed by atoms with van der Waals surface area (Å²) in [6.45, 7) is 0.173. The zero-order chi connectivity index (χ0) is 12.4. The number of carbonyl (C=O) groups excluding carboxylic acids is 1. The standard InChI is InChI=1S/C11H14N2O4/c1-17-9(14)4-5-12-6-7-13(8-2-3-8)11(16)10(12)15/h6-8H,2-5H2,1H3. The zero-order valence-corrected chi connectivity index (χ0v) is 9.59. The van der Waals surface area contributed by atoms with Crippen LogP contribution in [-0.4, -0.2) is 22.2 Å². The molecule has 92 valence electrons. The van der Waals surface area contributed by atoms with Gasteiger partial charge in [-0.3, -0.25) is 14.4 Å². The molecule has 1 heterocycles. The molecular formula is C11H14N2O4. The largest absolute Gasteiger partial charge is 0.469 e. The Labute approximate surface area is 97.4 Å². The number of hydrogen-bond acceptors (Lipinski definition) is 4. The molecule has 0 unspecified atom stereocenters. The number of aromatic nitrogens is 2. The van der Waals surface area contributed by atoms with Crippen molar-refractivity contribution >= 4 is 5.97 Å². The maximum Gasteiger partial charge on any atom is 0.316 e. The Hall–Kier alpha value is -1.85. The Bertz CT molecular complexity index is 539. The summed E-state index contributed by atoms with van der Waals surface area (Å²) in [5.74, 6) is -0.400. The molecule has 0 aromatic carbocycles. The van der Waals surface area contributed by atoms with Crippen LogP contribution in [0.3, 0.4) is 0 Å². The summed E-state index contributed by atoms with van der Waals surface area (Å²) in [4.78, 5) is 34.3. The minimum Gasteiger partial charge on any atom is -0.469 e. The molecule has 2 rings (SSSR count). The van der Waals surface area contributed by atoms with Crippen molar-refractivity contribution in [3.63, 3.8) is 0 Å². The number of methoxy groups -OCH3 is 1. The molecule has 1 aromatic heterocycles. The van der Waals surface area contributed by atoms with Crippen LogP contribution in [0.4, 0.5) is 0 Å². The van der Waals surface area contributed by atoms with Crippen LogP contribution in [0.5, 0.6) is 0 Å². The molecular weight excluding hydrogens is 224 g/mol. The van der Waals surface area contributed by atoms with Gasteiger partial charge in [-0.1, -0.05) is 0 Å². The lowest BCUT2D eigenvalue weighted by molar-refractivity contribution is -0.140. The highest BCUT2D eigenvalue weighted by Gasteiger charge is 2.25. The molecule has 0 spiro atoms. The fourth-order valence-electron chi connectivity index (χ4n) is 1.65. The van der Waals surface area contributed by atoms with Crippen LogP contribution in [0, 0.1) is 0 Å². The zero-order valence-electron chi connectivity index (χ0n) is 9.59. The lowest BCUT2D eigenvalue weighted by Gasteiger charge is -2.07. The van der Waals surface area contributed by atoms with Crippen LogP contribution in [0.15, 0.2) is 22.0 Å². The molecule has 0 aliphatic heterocycles. The maximum atomic E-state index is 11.7. The van der Waals surface area contributed by atoms with Gasteiger partial charge in [0.25, 0.3) is 0 Å². The minimum absolute atomic E-state index is 0.0866. The van der Waals surface area contributed by atoms with Crippen LogP contribution >= 0.6 is 0 Å². The molecule has 17 heavy (non-hydrogen) atoms. The summed E-state index contributed by atoms with van der Waals surface area (Å²) >= 11 is 0. The van der Waals surface area contributed by atoms with Crippen molar-refractivity contribution in [2.24, 2.45) is 0 Å². The van der Waals surface area contributed by atoms with Gasteiger partial charge < -0.3 is 13.9 Å². The average molecular weight is 238 g/mol. The molecule has 0 saturated heterocycles. The van der Waals surface area contributed by atoms with Crippen molar-refractivity contribution in [2.45, 2.75) is 31.8 Å². The molecule has 0 N–H and O–H groups in total. The van der Waals surface area contributed by atoms with Gasteiger partial charge in [-0.15, -0.1) is 0 Å². The van der Waals surface area contributed by atoms with Crippen molar-refractivity contribution in [1.82, 2.24) is 9.13 Å². The first-order valence-corrected chi connectivity index (χ1v) is 5.52. The van der Waals surface area contributed by atoms with Crippen molar-refractivity contribution in [3.8, 4) is 0 Å². The van der Waals surface area contributed by atoms with E-state index in [9.17, 15) is 14.4 Å². The average Bonchev–Trinajstić information content (AvgIpc) is 3.14. The SMILES string of the molecule is COC(=O)CCn1ccn(C2CC2)c(=O)c1=O. The predicted molar refractivity (Wildman–Crippen MR) is 59.9 cm³/mol. The van der Waals surface area contributed by atoms with E-state index in [1.54, 1.807) is 12.4 Å². The highest BCUT2D eigenvalue weighted by Crippen LogP contribution is 2.32. The smallest absolute Gasteiger partial charge is 0.316 e. The van der Waals surface area contributed by atoms with E-state index in [-0.39, 0.29) is 19.0 Å². The lowest BCUT2D eigenvalue weighted by Crippen LogP contribution is -2.40. The third kappa shape index (κ3) is 2.46. The van der Waals surface area contributed by atoms with Gasteiger partial charge >= 0.3 is 17.1 Å². The molecule has 6 heteroatoms. The third-order valence-corrected chi connectivity index (χ3v) is 2.81. The Morgan fingerprint density at radius 1 is 1.35 bits per heavy atom. The number of ether oxygens (including phenoxy) is 1. The Balaban J connectivity index is 2.19. The number of aryl methyl sites for hydroxylation is 1. The number of hydrogen-bond donors (Lipinski definition) is 0. The molecule has 0 amide bonds. The van der Waals surface area contributed by atoms with Crippen LogP contribution in [-0.2, 0) is 16.1 Å². The number of nitrogens with zero attached hydrogens (tertiary/aromatic N) is 2. The van der Waals surface area contributed by atoms with Crippen LogP contribution < -0.4 is 11.1 Å². The fourth-order valence-corrected chi connectivity index (χ4v) is 1.65. The quantitative estimate of drug-likeness (QED) is 0.543. The Morgan fingerprint density at radius 3 is 2.65 bits per heavy atom. The van der Waals surface area contributed by atoms with E-state index in [4.69, 9.17) is 0 Å². The topological polar surface area (TPSA) is 70.3 Å². The number of carbonyl (C=O) groups is 1. The van der Waals surface area contributed by atoms with E-state index in [0.717, 1.165) is 12.8 Å². The fraction of sp³-hybridized carbons (Fsp3) is 0.545. The van der Waals surface area contributed by atoms with E-state index in [0.29, 0.717) is 0 Å². The summed E-state index contributed by atoms with van der Waals surface area (Å²) < 4.78 is 7.19. The van der Waals surface area contributed by atoms with E-state index in [2.05, 4.69) is 4.74 Å². The van der Waals surface area contributed by atoms with E-state index < -0.39 is 17.1 Å². The molecule has 0 bridgehead atoms. The van der Waals surface area contributed by atoms with Gasteiger partial charge in [-0.05, 0) is 12.8 Å². The molecule has 1 fully saturated rings. The van der Waals surface area contributed by atoms with Crippen LogP contribution in [0.25, 0.3) is 0 Å². The Kier molecular flexibility index (Phi) is 3.12. The molecule has 1 aliphatic rings. The van der Waals surface area contributed by atoms with E-state index in [1.807, 2.05) is 0 Å². The first-order chi connectivity index (χ1) is 8.13. The lowest BCUT2D eigenvalue weighted by atomic mass is 10.4. The van der Waals surface area contributed by atoms with Gasteiger partial charge in [0.15, 0.2) is 0 Å². The highest BCUT2D eigenvalue weighted by molar-refractivity contribution is 5.68. The number of esters is 1. The molecule has 6 nitrogen and oxygen atoms in total. The van der Waals surface area contributed by atoms with Gasteiger partial charge in [-0.25, -0.2) is 0 Å². The highest BCUT2D eigenvalue weighted by atomic mass is 16.5. The van der Waals surface area contributed by atoms with Crippen LogP contribution in [0.1, 0.15) is 25.3 Å². The van der Waals surface area contributed by atoms with Gasteiger partial charge in [0.2, 0.25) is 0 Å². The second-order valence-electron chi connectivity index (χ2n) is 4.07. The van der Waals surface area contributed by atoms with Gasteiger partial charge in [-0.2, -0.15) is 0 Å². The van der Waals surface area contributed by atoms with Gasteiger partial charge in [0.05, 0.1) is 13.5 Å². The summed E-state index contributed by atoms with van der Waals surface area (Å²) in [6.07, 6.45) is 5.14. The van der Waals surface area contributed by atoms with Gasteiger partial charge in [0, 0.05) is 25.0 Å². The Morgan fingerprint density at radius 2 is 2.06 bits per heavy atom. The number of rotatable bonds is 4. The van der Waals surface area contributed by atoms with E-state index in [1.165, 1.54) is 16.2 Å². The molecule has 1 aromatic rings. The van der Waals surface area contributed by atoms with Crippen molar-refractivity contribution in [3.05, 3.63) is 33.1 Å². The summed E-state index contributed by atoms with van der Waals surface area (Å²) in [5.41, 5.74) is -1.09. The normalized spacial score (nSPS) is 14.6. The minimum atomic E-state index is -0.580. The van der Waals surface area contributed by atoms with Gasteiger partial charge in [0.1, 0.15) is 0 Å². The van der Waals surface area contributed by atoms with E-state index >= 15 is 0 Å². The second-order valence-corrected chi connectivity index (χ2v) is 4.07. The molecule has 1 aliphatic carbocycles. The third-order valence-electron chi connectivity index (χ3n) is 2.81. The van der Waals surface area contributed by atoms with Crippen molar-refractivity contribution in [1.29, 1.82) is 0 Å². The first kappa shape index (κ1) is 11.6. The predicted octanol–water partition coefficient (Wildman–Crippen LogP) is -0.0920.